The van der Waals surface area contributed by atoms with Crippen molar-refractivity contribution in [3.05, 3.63) is 71.3 Å². The quantitative estimate of drug-likeness (QED) is 0.322. The van der Waals surface area contributed by atoms with E-state index in [1.807, 2.05) is 18.2 Å². The van der Waals surface area contributed by atoms with Crippen molar-refractivity contribution in [2.75, 3.05) is 6.54 Å². The van der Waals surface area contributed by atoms with Crippen LogP contribution in [0.25, 0.3) is 0 Å². The lowest BCUT2D eigenvalue weighted by atomic mass is 9.86. The third-order valence-electron chi connectivity index (χ3n) is 5.63. The smallest absolute Gasteiger partial charge is 0.391 e. The third-order valence-corrected chi connectivity index (χ3v) is 5.63. The molecule has 3 amide bonds. The summed E-state index contributed by atoms with van der Waals surface area (Å²) in [6.45, 7) is 2.65. The van der Waals surface area contributed by atoms with Gasteiger partial charge in [0, 0.05) is 12.1 Å². The second kappa shape index (κ2) is 11.2. The maximum Gasteiger partial charge on any atom is 0.411 e. The van der Waals surface area contributed by atoms with Gasteiger partial charge in [-0.05, 0) is 55.5 Å². The number of nitrogens with two attached hydrogens (primary N) is 1. The lowest BCUT2D eigenvalue weighted by Gasteiger charge is -2.30. The number of carbonyl (C=O) groups excluding carboxylic acids is 3. The number of nitrogens with one attached hydrogen (secondary N) is 4. The van der Waals surface area contributed by atoms with Crippen molar-refractivity contribution in [3.63, 3.8) is 0 Å². The van der Waals surface area contributed by atoms with Crippen LogP contribution in [0.3, 0.4) is 0 Å². The molecule has 0 bridgehead atoms. The molecule has 33 heavy (non-hydrogen) atoms. The third kappa shape index (κ3) is 6.88. The Kier molecular flexibility index (Phi) is 8.15. The zero-order chi connectivity index (χ0) is 23.8. The average Bonchev–Trinajstić information content (AvgIpc) is 2.83. The van der Waals surface area contributed by atoms with Crippen LogP contribution in [0.1, 0.15) is 42.4 Å². The first-order valence-electron chi connectivity index (χ1n) is 10.8. The highest BCUT2D eigenvalue weighted by Gasteiger charge is 2.29. The van der Waals surface area contributed by atoms with Gasteiger partial charge in [-0.15, -0.1) is 0 Å². The summed E-state index contributed by atoms with van der Waals surface area (Å²) in [5.74, 6) is -0.520. The molecular weight excluding hydrogens is 422 g/mol. The van der Waals surface area contributed by atoms with E-state index in [0.717, 1.165) is 18.5 Å². The van der Waals surface area contributed by atoms with Gasteiger partial charge in [0.2, 0.25) is 17.7 Å². The van der Waals surface area contributed by atoms with Crippen molar-refractivity contribution in [2.45, 2.75) is 44.3 Å². The molecule has 0 aliphatic carbocycles. The van der Waals surface area contributed by atoms with E-state index in [9.17, 15) is 14.4 Å². The number of carbonyl (C=O) groups is 3. The molecule has 1 saturated heterocycles. The van der Waals surface area contributed by atoms with Crippen LogP contribution in [0.5, 0.6) is 0 Å². The summed E-state index contributed by atoms with van der Waals surface area (Å²) in [4.78, 5) is 35.9. The maximum atomic E-state index is 12.7. The Labute approximate surface area is 192 Å². The number of ether oxygens (including phenoxy) is 1. The van der Waals surface area contributed by atoms with Gasteiger partial charge in [0.15, 0.2) is 0 Å². The van der Waals surface area contributed by atoms with Crippen molar-refractivity contribution in [1.82, 2.24) is 16.0 Å². The Morgan fingerprint density at radius 1 is 1.15 bits per heavy atom. The molecule has 0 spiro atoms. The van der Waals surface area contributed by atoms with Crippen molar-refractivity contribution in [3.8, 4) is 0 Å². The van der Waals surface area contributed by atoms with E-state index in [1.165, 1.54) is 5.56 Å². The predicted octanol–water partition coefficient (Wildman–Crippen LogP) is 1.76. The summed E-state index contributed by atoms with van der Waals surface area (Å²) >= 11 is 0. The molecule has 1 aliphatic rings. The zero-order valence-electron chi connectivity index (χ0n) is 18.5. The van der Waals surface area contributed by atoms with E-state index in [4.69, 9.17) is 11.1 Å². The molecule has 0 radical (unpaired) electrons. The van der Waals surface area contributed by atoms with Gasteiger partial charge in [0.25, 0.3) is 0 Å². The minimum atomic E-state index is -1.05. The standard InChI is InChI=1S/C24H29N5O4/c1-15(22(30)28-14-16-7-9-18(10-8-16)21(25)33-24(26)32)29-23(31)20-13-19(11-12-27-20)17-5-3-2-4-6-17/h2-10,15,19-20,25,27H,11-14H2,1H3,(H2,26,32)(H,28,30)(H,29,31)/t15-,19-,20+/m0/s1. The molecule has 3 atom stereocenters. The highest BCUT2D eigenvalue weighted by Crippen LogP contribution is 2.27. The van der Waals surface area contributed by atoms with Gasteiger partial charge in [-0.3, -0.25) is 15.0 Å². The Hall–Kier alpha value is -3.72. The molecule has 174 valence electrons. The first kappa shape index (κ1) is 23.9. The van der Waals surface area contributed by atoms with Gasteiger partial charge in [-0.1, -0.05) is 42.5 Å². The number of piperidine rings is 1. The summed E-state index contributed by atoms with van der Waals surface area (Å²) in [5, 5.41) is 16.5. The van der Waals surface area contributed by atoms with Crippen LogP contribution in [0.15, 0.2) is 54.6 Å². The molecule has 6 N–H and O–H groups in total. The molecule has 0 saturated carbocycles. The normalized spacial score (nSPS) is 18.6. The van der Waals surface area contributed by atoms with Crippen LogP contribution >= 0.6 is 0 Å². The number of rotatable bonds is 7. The maximum absolute atomic E-state index is 12.7. The topological polar surface area (TPSA) is 146 Å². The summed E-state index contributed by atoms with van der Waals surface area (Å²) in [6.07, 6.45) is 0.605. The van der Waals surface area contributed by atoms with E-state index in [0.29, 0.717) is 17.9 Å². The van der Waals surface area contributed by atoms with E-state index < -0.39 is 12.1 Å². The van der Waals surface area contributed by atoms with E-state index >= 15 is 0 Å². The first-order chi connectivity index (χ1) is 15.8. The van der Waals surface area contributed by atoms with Gasteiger partial charge in [0.1, 0.15) is 6.04 Å². The summed E-state index contributed by atoms with van der Waals surface area (Å²) < 4.78 is 4.53. The molecule has 0 unspecified atom stereocenters. The van der Waals surface area contributed by atoms with Crippen molar-refractivity contribution in [1.29, 1.82) is 5.41 Å². The van der Waals surface area contributed by atoms with Gasteiger partial charge >= 0.3 is 6.09 Å². The Balaban J connectivity index is 1.46. The molecule has 9 heteroatoms. The monoisotopic (exact) mass is 451 g/mol. The first-order valence-corrected chi connectivity index (χ1v) is 10.8. The van der Waals surface area contributed by atoms with Crippen LogP contribution in [-0.2, 0) is 20.9 Å². The molecule has 2 aromatic carbocycles. The van der Waals surface area contributed by atoms with Crippen LogP contribution in [-0.4, -0.2) is 42.4 Å². The van der Waals surface area contributed by atoms with Crippen LogP contribution in [0, 0.1) is 5.41 Å². The molecule has 9 nitrogen and oxygen atoms in total. The highest BCUT2D eigenvalue weighted by molar-refractivity contribution is 5.97. The van der Waals surface area contributed by atoms with Gasteiger partial charge in [0.05, 0.1) is 6.04 Å². The number of amides is 3. The Morgan fingerprint density at radius 2 is 1.85 bits per heavy atom. The summed E-state index contributed by atoms with van der Waals surface area (Å²) in [7, 11) is 0. The van der Waals surface area contributed by atoms with Gasteiger partial charge in [-0.25, -0.2) is 4.79 Å². The number of benzene rings is 2. The zero-order valence-corrected chi connectivity index (χ0v) is 18.5. The number of primary amides is 1. The molecule has 2 aromatic rings. The largest absolute Gasteiger partial charge is 0.411 e. The lowest BCUT2D eigenvalue weighted by molar-refractivity contribution is -0.130. The second-order valence-electron chi connectivity index (χ2n) is 8.03. The molecule has 1 aliphatic heterocycles. The van der Waals surface area contributed by atoms with Gasteiger partial charge < -0.3 is 26.4 Å². The summed E-state index contributed by atoms with van der Waals surface area (Å²) in [5.41, 5.74) is 7.31. The fraction of sp³-hybridized carbons (Fsp3) is 0.333. The van der Waals surface area contributed by atoms with Crippen LogP contribution in [0.4, 0.5) is 4.79 Å². The fourth-order valence-electron chi connectivity index (χ4n) is 3.80. The van der Waals surface area contributed by atoms with Crippen molar-refractivity contribution in [2.24, 2.45) is 5.73 Å². The van der Waals surface area contributed by atoms with E-state index in [2.05, 4.69) is 32.8 Å². The molecule has 1 fully saturated rings. The Bertz CT molecular complexity index is 994. The van der Waals surface area contributed by atoms with E-state index in [1.54, 1.807) is 31.2 Å². The van der Waals surface area contributed by atoms with E-state index in [-0.39, 0.29) is 30.3 Å². The average molecular weight is 452 g/mol. The molecule has 0 aromatic heterocycles. The SMILES string of the molecule is C[C@H](NC(=O)[C@H]1C[C@@H](c2ccccc2)CCN1)C(=O)NCc1ccc(C(=N)OC(N)=O)cc1. The number of hydrogen-bond acceptors (Lipinski definition) is 6. The van der Waals surface area contributed by atoms with Crippen LogP contribution < -0.4 is 21.7 Å². The van der Waals surface area contributed by atoms with Crippen molar-refractivity contribution >= 4 is 23.8 Å². The highest BCUT2D eigenvalue weighted by atomic mass is 16.6. The molecular formula is C24H29N5O4. The molecule has 1 heterocycles. The Morgan fingerprint density at radius 3 is 2.52 bits per heavy atom. The lowest BCUT2D eigenvalue weighted by Crippen LogP contribution is -2.53. The fourth-order valence-corrected chi connectivity index (χ4v) is 3.80. The predicted molar refractivity (Wildman–Crippen MR) is 124 cm³/mol. The van der Waals surface area contributed by atoms with Gasteiger partial charge in [-0.2, -0.15) is 0 Å². The number of hydrogen-bond donors (Lipinski definition) is 5. The minimum absolute atomic E-state index is 0.185. The minimum Gasteiger partial charge on any atom is -0.391 e. The van der Waals surface area contributed by atoms with Crippen molar-refractivity contribution < 1.29 is 19.1 Å². The molecule has 3 rings (SSSR count). The second-order valence-corrected chi connectivity index (χ2v) is 8.03. The van der Waals surface area contributed by atoms with Crippen LogP contribution in [0.2, 0.25) is 0 Å². The summed E-state index contributed by atoms with van der Waals surface area (Å²) in [6, 6.07) is 15.7.